The largest absolute Gasteiger partial charge is 0.416 e. The lowest BCUT2D eigenvalue weighted by Gasteiger charge is -2.32. The minimum Gasteiger partial charge on any atom is -0.388 e. The van der Waals surface area contributed by atoms with E-state index in [0.29, 0.717) is 19.0 Å². The van der Waals surface area contributed by atoms with Crippen LogP contribution in [0.2, 0.25) is 0 Å². The van der Waals surface area contributed by atoms with Crippen molar-refractivity contribution in [2.45, 2.75) is 31.0 Å². The Labute approximate surface area is 108 Å². The molecule has 6 heteroatoms. The van der Waals surface area contributed by atoms with Gasteiger partial charge in [-0.3, -0.25) is 0 Å². The van der Waals surface area contributed by atoms with Crippen molar-refractivity contribution in [2.24, 2.45) is 0 Å². The number of benzene rings is 1. The highest BCUT2D eigenvalue weighted by atomic mass is 19.4. The zero-order chi connectivity index (χ0) is 14.1. The number of alkyl halides is 3. The van der Waals surface area contributed by atoms with Crippen LogP contribution in [0.1, 0.15) is 24.0 Å². The number of hydrogen-bond acceptors (Lipinski definition) is 2. The summed E-state index contributed by atoms with van der Waals surface area (Å²) in [5, 5.41) is 13.2. The molecule has 0 radical (unpaired) electrons. The van der Waals surface area contributed by atoms with Gasteiger partial charge in [0.15, 0.2) is 0 Å². The first kappa shape index (κ1) is 14.3. The molecule has 0 saturated carbocycles. The van der Waals surface area contributed by atoms with Crippen molar-refractivity contribution in [3.63, 3.8) is 0 Å². The van der Waals surface area contributed by atoms with Gasteiger partial charge in [-0.15, -0.1) is 0 Å². The number of aliphatic hydroxyl groups is 1. The molecule has 1 aliphatic heterocycles. The van der Waals surface area contributed by atoms with Crippen LogP contribution in [-0.2, 0) is 12.6 Å². The van der Waals surface area contributed by atoms with Crippen LogP contribution in [0.3, 0.4) is 0 Å². The molecule has 0 amide bonds. The summed E-state index contributed by atoms with van der Waals surface area (Å²) >= 11 is 0. The molecule has 2 nitrogen and oxygen atoms in total. The first-order valence-electron chi connectivity index (χ1n) is 6.09. The van der Waals surface area contributed by atoms with Crippen molar-refractivity contribution in [3.8, 4) is 0 Å². The molecule has 1 saturated heterocycles. The standard InChI is InChI=1S/C13H15F4NO/c14-11-6-10(13(15,16)17)3-2-9(11)7-12(19)4-1-5-18-8-12/h2-3,6,18-19H,1,4-5,7-8H2. The van der Waals surface area contributed by atoms with Gasteiger partial charge >= 0.3 is 6.18 Å². The Morgan fingerprint density at radius 3 is 2.58 bits per heavy atom. The molecule has 1 fully saturated rings. The zero-order valence-electron chi connectivity index (χ0n) is 10.2. The van der Waals surface area contributed by atoms with E-state index in [2.05, 4.69) is 5.32 Å². The summed E-state index contributed by atoms with van der Waals surface area (Å²) in [7, 11) is 0. The fourth-order valence-corrected chi connectivity index (χ4v) is 2.32. The molecule has 0 aliphatic carbocycles. The molecule has 0 spiro atoms. The van der Waals surface area contributed by atoms with Crippen LogP contribution < -0.4 is 5.32 Å². The maximum Gasteiger partial charge on any atom is 0.416 e. The van der Waals surface area contributed by atoms with Gasteiger partial charge in [0.25, 0.3) is 0 Å². The van der Waals surface area contributed by atoms with Crippen molar-refractivity contribution >= 4 is 0 Å². The Hall–Kier alpha value is -1.14. The Morgan fingerprint density at radius 1 is 1.32 bits per heavy atom. The van der Waals surface area contributed by atoms with Gasteiger partial charge in [0.1, 0.15) is 5.82 Å². The molecule has 1 unspecified atom stereocenters. The van der Waals surface area contributed by atoms with E-state index in [4.69, 9.17) is 0 Å². The van der Waals surface area contributed by atoms with E-state index in [9.17, 15) is 22.7 Å². The SMILES string of the molecule is OC1(Cc2ccc(C(F)(F)F)cc2F)CCCNC1. The average Bonchev–Trinajstić information content (AvgIpc) is 2.31. The van der Waals surface area contributed by atoms with Crippen molar-refractivity contribution in [1.29, 1.82) is 0 Å². The van der Waals surface area contributed by atoms with Crippen molar-refractivity contribution < 1.29 is 22.7 Å². The van der Waals surface area contributed by atoms with Crippen LogP contribution in [0.4, 0.5) is 17.6 Å². The Bertz CT molecular complexity index is 452. The molecule has 1 heterocycles. The molecule has 2 rings (SSSR count). The number of β-amino-alcohol motifs (C(OH)–C–C–N with tert-alkyl or cyclic N) is 1. The summed E-state index contributed by atoms with van der Waals surface area (Å²) in [5.74, 6) is -0.922. The number of hydrogen-bond donors (Lipinski definition) is 2. The lowest BCUT2D eigenvalue weighted by molar-refractivity contribution is -0.137. The quantitative estimate of drug-likeness (QED) is 0.814. The minimum absolute atomic E-state index is 0.0178. The lowest BCUT2D eigenvalue weighted by atomic mass is 9.87. The third-order valence-corrected chi connectivity index (χ3v) is 3.35. The van der Waals surface area contributed by atoms with Gasteiger partial charge in [-0.25, -0.2) is 4.39 Å². The monoisotopic (exact) mass is 277 g/mol. The second kappa shape index (κ2) is 5.09. The first-order valence-corrected chi connectivity index (χ1v) is 6.09. The predicted octanol–water partition coefficient (Wildman–Crippen LogP) is 2.50. The van der Waals surface area contributed by atoms with Crippen LogP contribution in [0.15, 0.2) is 18.2 Å². The highest BCUT2D eigenvalue weighted by Crippen LogP contribution is 2.31. The van der Waals surface area contributed by atoms with Crippen molar-refractivity contribution in [2.75, 3.05) is 13.1 Å². The Balaban J connectivity index is 2.17. The second-order valence-corrected chi connectivity index (χ2v) is 4.99. The van der Waals surface area contributed by atoms with E-state index in [1.807, 2.05) is 0 Å². The summed E-state index contributed by atoms with van der Waals surface area (Å²) in [6.07, 6.45) is -3.26. The highest BCUT2D eigenvalue weighted by Gasteiger charge is 2.33. The molecule has 1 aromatic rings. The van der Waals surface area contributed by atoms with E-state index < -0.39 is 23.2 Å². The summed E-state index contributed by atoms with van der Waals surface area (Å²) in [5.41, 5.74) is -1.99. The average molecular weight is 277 g/mol. The predicted molar refractivity (Wildman–Crippen MR) is 62.2 cm³/mol. The van der Waals surface area contributed by atoms with Crippen LogP contribution in [0.5, 0.6) is 0 Å². The Morgan fingerprint density at radius 2 is 2.05 bits per heavy atom. The molecule has 0 bridgehead atoms. The summed E-state index contributed by atoms with van der Waals surface area (Å²) in [4.78, 5) is 0. The summed E-state index contributed by atoms with van der Waals surface area (Å²) in [6, 6.07) is 2.43. The van der Waals surface area contributed by atoms with Crippen molar-refractivity contribution in [3.05, 3.63) is 35.1 Å². The highest BCUT2D eigenvalue weighted by molar-refractivity contribution is 5.27. The zero-order valence-corrected chi connectivity index (χ0v) is 10.2. The molecule has 1 aromatic carbocycles. The third kappa shape index (κ3) is 3.45. The normalized spacial score (nSPS) is 24.5. The smallest absolute Gasteiger partial charge is 0.388 e. The van der Waals surface area contributed by atoms with E-state index in [1.54, 1.807) is 0 Å². The number of nitrogens with one attached hydrogen (secondary N) is 1. The van der Waals surface area contributed by atoms with Gasteiger partial charge < -0.3 is 10.4 Å². The molecule has 106 valence electrons. The summed E-state index contributed by atoms with van der Waals surface area (Å²) < 4.78 is 50.9. The number of halogens is 4. The van der Waals surface area contributed by atoms with Crippen LogP contribution in [0.25, 0.3) is 0 Å². The van der Waals surface area contributed by atoms with Crippen LogP contribution in [0, 0.1) is 5.82 Å². The van der Waals surface area contributed by atoms with Crippen molar-refractivity contribution in [1.82, 2.24) is 5.32 Å². The van der Waals surface area contributed by atoms with Gasteiger partial charge in [0.2, 0.25) is 0 Å². The lowest BCUT2D eigenvalue weighted by Crippen LogP contribution is -2.47. The fraction of sp³-hybridized carbons (Fsp3) is 0.538. The molecule has 2 N–H and O–H groups in total. The number of piperidine rings is 1. The van der Waals surface area contributed by atoms with Crippen LogP contribution in [-0.4, -0.2) is 23.8 Å². The summed E-state index contributed by atoms with van der Waals surface area (Å²) in [6.45, 7) is 1.12. The molecule has 1 aliphatic rings. The van der Waals surface area contributed by atoms with Gasteiger partial charge in [-0.2, -0.15) is 13.2 Å². The van der Waals surface area contributed by atoms with Gasteiger partial charge in [-0.05, 0) is 37.1 Å². The number of rotatable bonds is 2. The van der Waals surface area contributed by atoms with E-state index >= 15 is 0 Å². The van der Waals surface area contributed by atoms with E-state index in [0.717, 1.165) is 25.1 Å². The third-order valence-electron chi connectivity index (χ3n) is 3.35. The molecule has 1 atom stereocenters. The maximum absolute atomic E-state index is 13.7. The topological polar surface area (TPSA) is 32.3 Å². The molecule has 19 heavy (non-hydrogen) atoms. The first-order chi connectivity index (χ1) is 8.80. The molecule has 0 aromatic heterocycles. The van der Waals surface area contributed by atoms with Gasteiger partial charge in [-0.1, -0.05) is 6.07 Å². The van der Waals surface area contributed by atoms with Gasteiger partial charge in [0, 0.05) is 13.0 Å². The Kier molecular flexibility index (Phi) is 3.82. The second-order valence-electron chi connectivity index (χ2n) is 4.99. The van der Waals surface area contributed by atoms with Crippen LogP contribution >= 0.6 is 0 Å². The fourth-order valence-electron chi connectivity index (χ4n) is 2.32. The van der Waals surface area contributed by atoms with E-state index in [-0.39, 0.29) is 12.0 Å². The maximum atomic E-state index is 13.7. The van der Waals surface area contributed by atoms with Gasteiger partial charge in [0.05, 0.1) is 11.2 Å². The minimum atomic E-state index is -4.55. The van der Waals surface area contributed by atoms with E-state index in [1.165, 1.54) is 0 Å². The molecular weight excluding hydrogens is 262 g/mol. The molecular formula is C13H15F4NO.